The van der Waals surface area contributed by atoms with Crippen LogP contribution in [0.3, 0.4) is 0 Å². The van der Waals surface area contributed by atoms with Crippen LogP contribution in [0.4, 0.5) is 4.39 Å². The highest BCUT2D eigenvalue weighted by Crippen LogP contribution is 2.42. The first kappa shape index (κ1) is 10.7. The van der Waals surface area contributed by atoms with Gasteiger partial charge in [-0.1, -0.05) is 15.9 Å². The van der Waals surface area contributed by atoms with Gasteiger partial charge in [0.2, 0.25) is 12.5 Å². The Bertz CT molecular complexity index is 399. The molecule has 3 N–H and O–H groups in total. The maximum absolute atomic E-state index is 13.8. The Morgan fingerprint density at radius 3 is 3.00 bits per heavy atom. The van der Waals surface area contributed by atoms with Gasteiger partial charge in [0.25, 0.3) is 0 Å². The lowest BCUT2D eigenvalue weighted by Crippen LogP contribution is -2.14. The van der Waals surface area contributed by atoms with Gasteiger partial charge in [0.1, 0.15) is 0 Å². The molecule has 1 atom stereocenters. The molecule has 0 radical (unpaired) electrons. The van der Waals surface area contributed by atoms with Crippen LogP contribution >= 0.6 is 15.9 Å². The van der Waals surface area contributed by atoms with Crippen LogP contribution in [0, 0.1) is 5.82 Å². The van der Waals surface area contributed by atoms with E-state index in [4.69, 9.17) is 15.2 Å². The summed E-state index contributed by atoms with van der Waals surface area (Å²) in [4.78, 5) is 0. The molecule has 1 aromatic carbocycles. The second kappa shape index (κ2) is 3.96. The zero-order chi connectivity index (χ0) is 11.0. The molecule has 1 aromatic rings. The maximum Gasteiger partial charge on any atom is 0.231 e. The van der Waals surface area contributed by atoms with Crippen molar-refractivity contribution in [1.29, 1.82) is 0 Å². The number of benzene rings is 1. The van der Waals surface area contributed by atoms with Gasteiger partial charge in [-0.25, -0.2) is 4.39 Å². The van der Waals surface area contributed by atoms with Crippen molar-refractivity contribution in [3.63, 3.8) is 0 Å². The third-order valence-corrected chi connectivity index (χ3v) is 2.80. The topological polar surface area (TPSA) is 64.7 Å². The van der Waals surface area contributed by atoms with Crippen molar-refractivity contribution < 1.29 is 19.0 Å². The second-order valence-corrected chi connectivity index (χ2v) is 3.93. The molecule has 4 nitrogen and oxygen atoms in total. The summed E-state index contributed by atoms with van der Waals surface area (Å²) in [5, 5.41) is 9.53. The molecule has 0 fully saturated rings. The minimum Gasteiger partial charge on any atom is -0.453 e. The first-order valence-electron chi connectivity index (χ1n) is 4.30. The monoisotopic (exact) mass is 277 g/mol. The molecule has 15 heavy (non-hydrogen) atoms. The van der Waals surface area contributed by atoms with Crippen LogP contribution in [-0.2, 0) is 0 Å². The summed E-state index contributed by atoms with van der Waals surface area (Å²) in [5.74, 6) is -0.275. The minimum atomic E-state index is -1.06. The number of hydrogen-bond acceptors (Lipinski definition) is 4. The van der Waals surface area contributed by atoms with Crippen LogP contribution in [0.5, 0.6) is 11.5 Å². The molecule has 1 unspecified atom stereocenters. The smallest absolute Gasteiger partial charge is 0.231 e. The zero-order valence-corrected chi connectivity index (χ0v) is 9.25. The van der Waals surface area contributed by atoms with Crippen molar-refractivity contribution in [3.8, 4) is 11.5 Å². The van der Waals surface area contributed by atoms with Crippen LogP contribution in [0.25, 0.3) is 0 Å². The Balaban J connectivity index is 2.56. The summed E-state index contributed by atoms with van der Waals surface area (Å²) in [6.07, 6.45) is -1.06. The van der Waals surface area contributed by atoms with Crippen LogP contribution in [0.2, 0.25) is 0 Å². The largest absolute Gasteiger partial charge is 0.453 e. The molecule has 0 bridgehead atoms. The van der Waals surface area contributed by atoms with Crippen LogP contribution in [0.15, 0.2) is 10.5 Å². The minimum absolute atomic E-state index is 0.0130. The SMILES string of the molecule is NCC(O)c1c(Br)cc2c(c1F)OCO2. The van der Waals surface area contributed by atoms with E-state index in [9.17, 15) is 9.50 Å². The van der Waals surface area contributed by atoms with Crippen molar-refractivity contribution in [3.05, 3.63) is 21.9 Å². The average molecular weight is 278 g/mol. The highest BCUT2D eigenvalue weighted by atomic mass is 79.9. The van der Waals surface area contributed by atoms with E-state index >= 15 is 0 Å². The number of halogens is 2. The van der Waals surface area contributed by atoms with Crippen molar-refractivity contribution in [2.75, 3.05) is 13.3 Å². The van der Waals surface area contributed by atoms with Crippen molar-refractivity contribution >= 4 is 15.9 Å². The summed E-state index contributed by atoms with van der Waals surface area (Å²) in [7, 11) is 0. The molecule has 0 saturated carbocycles. The number of nitrogens with two attached hydrogens (primary N) is 1. The molecular weight excluding hydrogens is 269 g/mol. The van der Waals surface area contributed by atoms with Gasteiger partial charge in [-0.05, 0) is 6.07 Å². The van der Waals surface area contributed by atoms with E-state index in [0.717, 1.165) is 0 Å². The van der Waals surface area contributed by atoms with Gasteiger partial charge in [0.15, 0.2) is 11.6 Å². The first-order chi connectivity index (χ1) is 7.15. The lowest BCUT2D eigenvalue weighted by molar-refractivity contribution is 0.166. The molecule has 2 rings (SSSR count). The Hall–Kier alpha value is -0.850. The molecule has 0 aromatic heterocycles. The van der Waals surface area contributed by atoms with E-state index in [2.05, 4.69) is 15.9 Å². The van der Waals surface area contributed by atoms with Crippen molar-refractivity contribution in [2.45, 2.75) is 6.10 Å². The van der Waals surface area contributed by atoms with Gasteiger partial charge >= 0.3 is 0 Å². The van der Waals surface area contributed by atoms with E-state index in [0.29, 0.717) is 10.2 Å². The van der Waals surface area contributed by atoms with E-state index < -0.39 is 11.9 Å². The number of ether oxygens (including phenoxy) is 2. The number of rotatable bonds is 2. The van der Waals surface area contributed by atoms with Gasteiger partial charge in [0, 0.05) is 16.6 Å². The molecule has 0 saturated heterocycles. The number of fused-ring (bicyclic) bond motifs is 1. The van der Waals surface area contributed by atoms with Crippen molar-refractivity contribution in [1.82, 2.24) is 0 Å². The molecule has 0 aliphatic carbocycles. The summed E-state index contributed by atoms with van der Waals surface area (Å²) in [5.41, 5.74) is 5.38. The third kappa shape index (κ3) is 1.68. The summed E-state index contributed by atoms with van der Waals surface area (Å²) >= 11 is 3.15. The predicted molar refractivity (Wildman–Crippen MR) is 54.2 cm³/mol. The number of aliphatic hydroxyl groups is 1. The zero-order valence-electron chi connectivity index (χ0n) is 7.67. The highest BCUT2D eigenvalue weighted by Gasteiger charge is 2.26. The molecule has 82 valence electrons. The van der Waals surface area contributed by atoms with Gasteiger partial charge in [-0.15, -0.1) is 0 Å². The normalized spacial score (nSPS) is 15.5. The molecular formula is C9H9BrFNO3. The average Bonchev–Trinajstić information content (AvgIpc) is 2.65. The molecule has 1 aliphatic rings. The van der Waals surface area contributed by atoms with Gasteiger partial charge in [-0.2, -0.15) is 0 Å². The lowest BCUT2D eigenvalue weighted by Gasteiger charge is -2.12. The van der Waals surface area contributed by atoms with E-state index in [1.165, 1.54) is 0 Å². The van der Waals surface area contributed by atoms with E-state index in [1.807, 2.05) is 0 Å². The summed E-state index contributed by atoms with van der Waals surface area (Å²) in [6, 6.07) is 1.56. The van der Waals surface area contributed by atoms with E-state index in [1.54, 1.807) is 6.07 Å². The Kier molecular flexibility index (Phi) is 2.81. The predicted octanol–water partition coefficient (Wildman–Crippen LogP) is 1.31. The quantitative estimate of drug-likeness (QED) is 0.856. The fraction of sp³-hybridized carbons (Fsp3) is 0.333. The van der Waals surface area contributed by atoms with Crippen LogP contribution in [0.1, 0.15) is 11.7 Å². The molecule has 6 heteroatoms. The maximum atomic E-state index is 13.8. The fourth-order valence-corrected chi connectivity index (χ4v) is 2.06. The molecule has 0 amide bonds. The van der Waals surface area contributed by atoms with E-state index in [-0.39, 0.29) is 24.7 Å². The second-order valence-electron chi connectivity index (χ2n) is 3.07. The van der Waals surface area contributed by atoms with Gasteiger partial charge in [-0.3, -0.25) is 0 Å². The van der Waals surface area contributed by atoms with Crippen LogP contribution < -0.4 is 15.2 Å². The standard InChI is InChI=1S/C9H9BrFNO3/c10-4-1-6-9(15-3-14-6)8(11)7(4)5(13)2-12/h1,5,13H,2-3,12H2. The van der Waals surface area contributed by atoms with Gasteiger partial charge in [0.05, 0.1) is 6.10 Å². The lowest BCUT2D eigenvalue weighted by atomic mass is 10.1. The Morgan fingerprint density at radius 2 is 2.33 bits per heavy atom. The Labute approximate surface area is 93.9 Å². The number of hydrogen-bond donors (Lipinski definition) is 2. The first-order valence-corrected chi connectivity index (χ1v) is 5.10. The van der Waals surface area contributed by atoms with Gasteiger partial charge < -0.3 is 20.3 Å². The van der Waals surface area contributed by atoms with Crippen molar-refractivity contribution in [2.24, 2.45) is 5.73 Å². The summed E-state index contributed by atoms with van der Waals surface area (Å²) in [6.45, 7) is -0.0734. The Morgan fingerprint density at radius 1 is 1.60 bits per heavy atom. The fourth-order valence-electron chi connectivity index (χ4n) is 1.41. The summed E-state index contributed by atoms with van der Waals surface area (Å²) < 4.78 is 24.2. The third-order valence-electron chi connectivity index (χ3n) is 2.15. The van der Waals surface area contributed by atoms with Crippen LogP contribution in [-0.4, -0.2) is 18.4 Å². The molecule has 0 spiro atoms. The highest BCUT2D eigenvalue weighted by molar-refractivity contribution is 9.10. The molecule has 1 heterocycles. The number of aliphatic hydroxyl groups excluding tert-OH is 1. The molecule has 1 aliphatic heterocycles.